The zero-order valence-electron chi connectivity index (χ0n) is 22.8. The van der Waals surface area contributed by atoms with E-state index in [4.69, 9.17) is 0 Å². The molecule has 1 heterocycles. The van der Waals surface area contributed by atoms with Crippen molar-refractivity contribution >= 4 is 43.1 Å². The lowest BCUT2D eigenvalue weighted by molar-refractivity contribution is -0.139. The normalized spacial score (nSPS) is 16.3. The second kappa shape index (κ2) is 14.5. The lowest BCUT2D eigenvalue weighted by Crippen LogP contribution is -2.51. The van der Waals surface area contributed by atoms with Gasteiger partial charge in [0.15, 0.2) is 0 Å². The van der Waals surface area contributed by atoms with Crippen LogP contribution in [0.4, 0.5) is 5.69 Å². The van der Waals surface area contributed by atoms with Gasteiger partial charge in [0.1, 0.15) is 13.9 Å². The second-order valence-corrected chi connectivity index (χ2v) is 10.4. The summed E-state index contributed by atoms with van der Waals surface area (Å²) in [5, 5.41) is 8.11. The van der Waals surface area contributed by atoms with Gasteiger partial charge >= 0.3 is 0 Å². The van der Waals surface area contributed by atoms with Crippen LogP contribution < -0.4 is 16.0 Å². The molecule has 0 radical (unpaired) electrons. The zero-order valence-corrected chi connectivity index (χ0v) is 22.8. The fraction of sp³-hybridized carbons (Fsp3) is 0.593. The molecule has 1 saturated heterocycles. The highest BCUT2D eigenvalue weighted by Crippen LogP contribution is 2.26. The van der Waals surface area contributed by atoms with Gasteiger partial charge in [-0.1, -0.05) is 58.1 Å². The minimum Gasteiger partial charge on any atom is -0.345 e. The molecule has 9 nitrogen and oxygen atoms in total. The molecule has 0 spiro atoms. The van der Waals surface area contributed by atoms with Gasteiger partial charge in [0, 0.05) is 31.0 Å². The molecule has 1 aromatic carbocycles. The van der Waals surface area contributed by atoms with Crippen molar-refractivity contribution in [2.45, 2.75) is 72.2 Å². The molecule has 1 fully saturated rings. The summed E-state index contributed by atoms with van der Waals surface area (Å²) in [4.78, 5) is 63.1. The topological polar surface area (TPSA) is 125 Å². The van der Waals surface area contributed by atoms with Crippen LogP contribution in [0, 0.1) is 17.8 Å². The van der Waals surface area contributed by atoms with Crippen molar-refractivity contribution in [3.63, 3.8) is 0 Å². The van der Waals surface area contributed by atoms with Gasteiger partial charge in [0.25, 0.3) is 0 Å². The number of nitrogens with one attached hydrogen (secondary N) is 3. The summed E-state index contributed by atoms with van der Waals surface area (Å²) < 4.78 is 0. The number of hydrogen-bond acceptors (Lipinski definition) is 5. The number of benzene rings is 1. The number of likely N-dealkylation sites (tertiary alicyclic amines) is 1. The molecule has 0 saturated carbocycles. The first kappa shape index (κ1) is 30.1. The molecular weight excluding hydrogens is 471 g/mol. The monoisotopic (exact) mass is 512 g/mol. The van der Waals surface area contributed by atoms with Crippen LogP contribution in [0.3, 0.4) is 0 Å². The fourth-order valence-electron chi connectivity index (χ4n) is 4.28. The van der Waals surface area contributed by atoms with Crippen molar-refractivity contribution in [1.29, 1.82) is 0 Å². The number of imide groups is 1. The standard InChI is InChI=1S/C27H41BN4O5/c1-17(2)21-14-24(35)32(27(21)37)13-7-5-6-8-22(33)31-25(18(3)4)26(36)29-16-23(34)30-20-11-9-19(15-28)10-12-20/h9-12,17-18,21,25H,5-8,13-16,28H2,1-4H3,(H,29,36)(H,30,34)(H,31,33). The molecule has 37 heavy (non-hydrogen) atoms. The van der Waals surface area contributed by atoms with Crippen LogP contribution in [-0.2, 0) is 30.3 Å². The summed E-state index contributed by atoms with van der Waals surface area (Å²) in [6.45, 7) is 7.74. The number of carbonyl (C=O) groups is 5. The van der Waals surface area contributed by atoms with Crippen molar-refractivity contribution < 1.29 is 24.0 Å². The van der Waals surface area contributed by atoms with Gasteiger partial charge in [0.2, 0.25) is 29.5 Å². The van der Waals surface area contributed by atoms with Crippen molar-refractivity contribution in [3.8, 4) is 0 Å². The van der Waals surface area contributed by atoms with E-state index >= 15 is 0 Å². The molecule has 2 atom stereocenters. The second-order valence-electron chi connectivity index (χ2n) is 10.4. The molecule has 0 aromatic heterocycles. The van der Waals surface area contributed by atoms with E-state index in [9.17, 15) is 24.0 Å². The molecule has 3 N–H and O–H groups in total. The highest BCUT2D eigenvalue weighted by molar-refractivity contribution is 6.08. The molecule has 2 unspecified atom stereocenters. The third-order valence-corrected chi connectivity index (χ3v) is 6.70. The van der Waals surface area contributed by atoms with E-state index in [0.717, 1.165) is 6.32 Å². The van der Waals surface area contributed by atoms with Gasteiger partial charge in [-0.2, -0.15) is 0 Å². The SMILES string of the molecule is BCc1ccc(NC(=O)CNC(=O)C(NC(=O)CCCCCN2C(=O)CC(C(C)C)C2=O)C(C)C)cc1. The summed E-state index contributed by atoms with van der Waals surface area (Å²) in [7, 11) is 2.05. The molecule has 0 aliphatic carbocycles. The Morgan fingerprint density at radius 1 is 1.00 bits per heavy atom. The van der Waals surface area contributed by atoms with Crippen LogP contribution in [0.25, 0.3) is 0 Å². The van der Waals surface area contributed by atoms with Crippen LogP contribution in [-0.4, -0.2) is 61.4 Å². The summed E-state index contributed by atoms with van der Waals surface area (Å²) in [5.41, 5.74) is 1.82. The van der Waals surface area contributed by atoms with Crippen molar-refractivity contribution in [2.24, 2.45) is 17.8 Å². The Morgan fingerprint density at radius 2 is 1.68 bits per heavy atom. The third kappa shape index (κ3) is 9.33. The predicted octanol–water partition coefficient (Wildman–Crippen LogP) is 1.61. The average molecular weight is 512 g/mol. The molecule has 0 bridgehead atoms. The van der Waals surface area contributed by atoms with E-state index in [1.165, 1.54) is 10.5 Å². The van der Waals surface area contributed by atoms with Gasteiger partial charge < -0.3 is 16.0 Å². The summed E-state index contributed by atoms with van der Waals surface area (Å²) in [6, 6.07) is 6.76. The molecule has 10 heteroatoms. The Kier molecular flexibility index (Phi) is 11.8. The van der Waals surface area contributed by atoms with Crippen LogP contribution >= 0.6 is 0 Å². The Labute approximate surface area is 220 Å². The van der Waals surface area contributed by atoms with E-state index in [2.05, 4.69) is 23.8 Å². The third-order valence-electron chi connectivity index (χ3n) is 6.70. The maximum Gasteiger partial charge on any atom is 0.243 e. The van der Waals surface area contributed by atoms with E-state index in [1.54, 1.807) is 0 Å². The van der Waals surface area contributed by atoms with E-state index in [0.29, 0.717) is 31.5 Å². The zero-order chi connectivity index (χ0) is 27.5. The number of nitrogens with zero attached hydrogens (tertiary/aromatic N) is 1. The number of hydrogen-bond donors (Lipinski definition) is 3. The highest BCUT2D eigenvalue weighted by atomic mass is 16.2. The van der Waals surface area contributed by atoms with Crippen molar-refractivity contribution in [3.05, 3.63) is 29.8 Å². The molecular formula is C27H41BN4O5. The molecule has 202 valence electrons. The van der Waals surface area contributed by atoms with Crippen LogP contribution in [0.1, 0.15) is 65.4 Å². The molecule has 1 aliphatic rings. The Balaban J connectivity index is 1.70. The van der Waals surface area contributed by atoms with E-state index in [-0.39, 0.29) is 60.8 Å². The minimum absolute atomic E-state index is 0.0911. The van der Waals surface area contributed by atoms with Gasteiger partial charge in [-0.25, -0.2) is 0 Å². The van der Waals surface area contributed by atoms with Crippen LogP contribution in [0.2, 0.25) is 0 Å². The molecule has 5 amide bonds. The molecule has 2 rings (SSSR count). The van der Waals surface area contributed by atoms with Crippen LogP contribution in [0.5, 0.6) is 0 Å². The maximum atomic E-state index is 12.6. The largest absolute Gasteiger partial charge is 0.345 e. The van der Waals surface area contributed by atoms with Gasteiger partial charge in [-0.05, 0) is 36.8 Å². The lowest BCUT2D eigenvalue weighted by atomic mass is 9.94. The average Bonchev–Trinajstić information content (AvgIpc) is 3.14. The number of carbonyl (C=O) groups excluding carboxylic acids is 5. The number of rotatable bonds is 14. The number of amides is 5. The quantitative estimate of drug-likeness (QED) is 0.199. The Morgan fingerprint density at radius 3 is 2.24 bits per heavy atom. The smallest absolute Gasteiger partial charge is 0.243 e. The fourth-order valence-corrected chi connectivity index (χ4v) is 4.28. The maximum absolute atomic E-state index is 12.6. The van der Waals surface area contributed by atoms with Crippen LogP contribution in [0.15, 0.2) is 24.3 Å². The molecule has 1 aliphatic heterocycles. The summed E-state index contributed by atoms with van der Waals surface area (Å²) in [5.74, 6) is -1.45. The van der Waals surface area contributed by atoms with Gasteiger partial charge in [-0.15, -0.1) is 0 Å². The lowest BCUT2D eigenvalue weighted by Gasteiger charge is -2.21. The number of unbranched alkanes of at least 4 members (excludes halogenated alkanes) is 2. The van der Waals surface area contributed by atoms with E-state index < -0.39 is 11.9 Å². The summed E-state index contributed by atoms with van der Waals surface area (Å²) >= 11 is 0. The minimum atomic E-state index is -0.753. The van der Waals surface area contributed by atoms with Crippen molar-refractivity contribution in [1.82, 2.24) is 15.5 Å². The Bertz CT molecular complexity index is 964. The van der Waals surface area contributed by atoms with Crippen molar-refractivity contribution in [2.75, 3.05) is 18.4 Å². The predicted molar refractivity (Wildman–Crippen MR) is 145 cm³/mol. The van der Waals surface area contributed by atoms with E-state index in [1.807, 2.05) is 52.0 Å². The first-order valence-corrected chi connectivity index (χ1v) is 13.3. The van der Waals surface area contributed by atoms with Gasteiger partial charge in [-0.3, -0.25) is 28.9 Å². The molecule has 1 aromatic rings. The highest BCUT2D eigenvalue weighted by Gasteiger charge is 2.39. The first-order chi connectivity index (χ1) is 17.5. The first-order valence-electron chi connectivity index (χ1n) is 13.3. The Hall–Kier alpha value is -3.17. The van der Waals surface area contributed by atoms with Gasteiger partial charge in [0.05, 0.1) is 6.54 Å². The summed E-state index contributed by atoms with van der Waals surface area (Å²) in [6.07, 6.45) is 3.34. The number of anilines is 1.